The summed E-state index contributed by atoms with van der Waals surface area (Å²) in [6.45, 7) is 5.35. The summed E-state index contributed by atoms with van der Waals surface area (Å²) < 4.78 is 21.0. The van der Waals surface area contributed by atoms with Crippen molar-refractivity contribution < 1.29 is 13.9 Å². The molecule has 2 heterocycles. The summed E-state index contributed by atoms with van der Waals surface area (Å²) in [6.07, 6.45) is 2.00. The van der Waals surface area contributed by atoms with Crippen LogP contribution in [0, 0.1) is 12.7 Å². The Morgan fingerprint density at radius 1 is 1.40 bits per heavy atom. The number of hydrogen-bond donors (Lipinski definition) is 0. The van der Waals surface area contributed by atoms with Crippen LogP contribution >= 0.6 is 0 Å². The van der Waals surface area contributed by atoms with Gasteiger partial charge in [0, 0.05) is 6.42 Å². The largest absolute Gasteiger partial charge is 0.455 e. The van der Waals surface area contributed by atoms with E-state index in [1.807, 2.05) is 13.8 Å². The number of aryl methyl sites for hydroxylation is 1. The summed E-state index contributed by atoms with van der Waals surface area (Å²) in [7, 11) is 0. The molecule has 0 N–H and O–H groups in total. The molecule has 2 aromatic rings. The van der Waals surface area contributed by atoms with E-state index in [2.05, 4.69) is 4.98 Å². The molecule has 0 saturated heterocycles. The van der Waals surface area contributed by atoms with Crippen LogP contribution in [0.1, 0.15) is 35.6 Å². The molecule has 0 aliphatic carbocycles. The zero-order chi connectivity index (χ0) is 14.5. The van der Waals surface area contributed by atoms with Gasteiger partial charge in [0.15, 0.2) is 5.69 Å². The zero-order valence-corrected chi connectivity index (χ0v) is 11.6. The number of hydrogen-bond acceptors (Lipinski definition) is 3. The molecule has 0 atom stereocenters. The molecule has 20 heavy (non-hydrogen) atoms. The van der Waals surface area contributed by atoms with Crippen LogP contribution in [-0.4, -0.2) is 21.1 Å². The first kappa shape index (κ1) is 12.8. The van der Waals surface area contributed by atoms with Gasteiger partial charge in [-0.1, -0.05) is 12.1 Å². The Labute approximate surface area is 116 Å². The van der Waals surface area contributed by atoms with Gasteiger partial charge in [0.05, 0.1) is 11.4 Å². The van der Waals surface area contributed by atoms with E-state index in [4.69, 9.17) is 4.74 Å². The van der Waals surface area contributed by atoms with Gasteiger partial charge in [-0.2, -0.15) is 0 Å². The summed E-state index contributed by atoms with van der Waals surface area (Å²) in [6, 6.07) is 5.05. The maximum absolute atomic E-state index is 14.2. The van der Waals surface area contributed by atoms with Crippen molar-refractivity contribution >= 4 is 5.97 Å². The van der Waals surface area contributed by atoms with E-state index in [0.717, 1.165) is 0 Å². The van der Waals surface area contributed by atoms with Crippen LogP contribution in [0.25, 0.3) is 5.69 Å². The van der Waals surface area contributed by atoms with Crippen molar-refractivity contribution in [2.45, 2.75) is 32.8 Å². The van der Waals surface area contributed by atoms with Gasteiger partial charge in [-0.15, -0.1) is 0 Å². The Morgan fingerprint density at radius 3 is 2.90 bits per heavy atom. The number of fused-ring (bicyclic) bond motifs is 1. The van der Waals surface area contributed by atoms with Crippen molar-refractivity contribution in [2.75, 3.05) is 0 Å². The second kappa shape index (κ2) is 4.16. The lowest BCUT2D eigenvalue weighted by atomic mass is 9.98. The molecular formula is C15H15FN2O2. The molecule has 5 heteroatoms. The summed E-state index contributed by atoms with van der Waals surface area (Å²) in [5, 5.41) is 0. The number of halogens is 1. The molecule has 0 saturated carbocycles. The number of ether oxygens (including phenoxy) is 1. The van der Waals surface area contributed by atoms with E-state index >= 15 is 0 Å². The Kier molecular flexibility index (Phi) is 2.67. The van der Waals surface area contributed by atoms with Gasteiger partial charge in [0.2, 0.25) is 0 Å². The second-order valence-electron chi connectivity index (χ2n) is 5.64. The number of cyclic esters (lactones) is 1. The average molecular weight is 274 g/mol. The lowest BCUT2D eigenvalue weighted by Crippen LogP contribution is -2.36. The fraction of sp³-hybridized carbons (Fsp3) is 0.333. The van der Waals surface area contributed by atoms with Crippen LogP contribution in [0.15, 0.2) is 24.5 Å². The van der Waals surface area contributed by atoms with Gasteiger partial charge in [-0.3, -0.25) is 4.57 Å². The van der Waals surface area contributed by atoms with Crippen molar-refractivity contribution in [1.82, 2.24) is 9.55 Å². The highest BCUT2D eigenvalue weighted by Crippen LogP contribution is 2.29. The summed E-state index contributed by atoms with van der Waals surface area (Å²) in [5.41, 5.74) is 1.22. The van der Waals surface area contributed by atoms with Crippen LogP contribution in [0.3, 0.4) is 0 Å². The molecule has 1 aliphatic heterocycles. The molecule has 0 amide bonds. The summed E-state index contributed by atoms with van der Waals surface area (Å²) in [4.78, 5) is 16.4. The van der Waals surface area contributed by atoms with Crippen LogP contribution in [0.4, 0.5) is 4.39 Å². The highest BCUT2D eigenvalue weighted by molar-refractivity contribution is 5.91. The maximum atomic E-state index is 14.2. The van der Waals surface area contributed by atoms with Crippen LogP contribution in [0.2, 0.25) is 0 Å². The number of carbonyl (C=O) groups excluding carboxylic acids is 1. The van der Waals surface area contributed by atoms with E-state index in [0.29, 0.717) is 29.1 Å². The van der Waals surface area contributed by atoms with Gasteiger partial charge in [0.1, 0.15) is 17.7 Å². The van der Waals surface area contributed by atoms with Crippen molar-refractivity contribution in [3.8, 4) is 5.69 Å². The topological polar surface area (TPSA) is 44.1 Å². The predicted octanol–water partition coefficient (Wildman–Crippen LogP) is 2.81. The van der Waals surface area contributed by atoms with E-state index in [1.165, 1.54) is 10.9 Å². The molecule has 3 rings (SSSR count). The van der Waals surface area contributed by atoms with E-state index < -0.39 is 11.6 Å². The Morgan fingerprint density at radius 2 is 2.15 bits per heavy atom. The van der Waals surface area contributed by atoms with Crippen LogP contribution in [0.5, 0.6) is 0 Å². The molecule has 0 unspecified atom stereocenters. The molecule has 0 spiro atoms. The highest BCUT2D eigenvalue weighted by Gasteiger charge is 2.36. The molecule has 1 aromatic carbocycles. The smallest absolute Gasteiger partial charge is 0.357 e. The first-order chi connectivity index (χ1) is 9.39. The first-order valence-corrected chi connectivity index (χ1v) is 6.44. The Bertz CT molecular complexity index is 704. The predicted molar refractivity (Wildman–Crippen MR) is 71.5 cm³/mol. The highest BCUT2D eigenvalue weighted by atomic mass is 19.1. The minimum absolute atomic E-state index is 0.314. The van der Waals surface area contributed by atoms with Gasteiger partial charge >= 0.3 is 5.97 Å². The molecule has 4 nitrogen and oxygen atoms in total. The van der Waals surface area contributed by atoms with Gasteiger partial charge in [-0.05, 0) is 32.4 Å². The number of rotatable bonds is 1. The summed E-state index contributed by atoms with van der Waals surface area (Å²) >= 11 is 0. The molecular weight excluding hydrogens is 259 g/mol. The lowest BCUT2D eigenvalue weighted by molar-refractivity contribution is -0.00796. The third-order valence-electron chi connectivity index (χ3n) is 3.43. The molecule has 104 valence electrons. The van der Waals surface area contributed by atoms with E-state index in [9.17, 15) is 9.18 Å². The number of imidazole rings is 1. The van der Waals surface area contributed by atoms with Crippen molar-refractivity contribution in [3.05, 3.63) is 47.3 Å². The minimum atomic E-state index is -0.575. The van der Waals surface area contributed by atoms with E-state index in [-0.39, 0.29) is 5.82 Å². The van der Waals surface area contributed by atoms with Gasteiger partial charge < -0.3 is 4.74 Å². The van der Waals surface area contributed by atoms with E-state index in [1.54, 1.807) is 25.1 Å². The minimum Gasteiger partial charge on any atom is -0.455 e. The fourth-order valence-corrected chi connectivity index (χ4v) is 2.47. The van der Waals surface area contributed by atoms with Crippen LogP contribution < -0.4 is 0 Å². The monoisotopic (exact) mass is 274 g/mol. The SMILES string of the molecule is Cc1cccc(-n2cnc3c2C(=O)OC(C)(C)C3)c1F. The molecule has 0 fully saturated rings. The summed E-state index contributed by atoms with van der Waals surface area (Å²) in [5.74, 6) is -0.819. The number of carbonyl (C=O) groups is 1. The normalized spacial score (nSPS) is 16.7. The number of benzene rings is 1. The third-order valence-corrected chi connectivity index (χ3v) is 3.43. The van der Waals surface area contributed by atoms with Crippen LogP contribution in [-0.2, 0) is 11.2 Å². The zero-order valence-electron chi connectivity index (χ0n) is 11.6. The Balaban J connectivity index is 2.17. The first-order valence-electron chi connectivity index (χ1n) is 6.44. The third kappa shape index (κ3) is 1.90. The van der Waals surface area contributed by atoms with Crippen molar-refractivity contribution in [2.24, 2.45) is 0 Å². The molecule has 0 radical (unpaired) electrons. The van der Waals surface area contributed by atoms with Gasteiger partial charge in [0.25, 0.3) is 0 Å². The standard InChI is InChI=1S/C15H15FN2O2/c1-9-5-4-6-11(12(9)16)18-8-17-10-7-15(2,3)20-14(19)13(10)18/h4-6,8H,7H2,1-3H3. The van der Waals surface area contributed by atoms with Gasteiger partial charge in [-0.25, -0.2) is 14.2 Å². The fourth-order valence-electron chi connectivity index (χ4n) is 2.47. The number of aromatic nitrogens is 2. The second-order valence-corrected chi connectivity index (χ2v) is 5.64. The molecule has 0 bridgehead atoms. The van der Waals surface area contributed by atoms with Crippen molar-refractivity contribution in [3.63, 3.8) is 0 Å². The molecule has 1 aliphatic rings. The Hall–Kier alpha value is -2.17. The van der Waals surface area contributed by atoms with Crippen molar-refractivity contribution in [1.29, 1.82) is 0 Å². The lowest BCUT2D eigenvalue weighted by Gasteiger charge is -2.29. The number of nitrogens with zero attached hydrogens (tertiary/aromatic N) is 2. The maximum Gasteiger partial charge on any atom is 0.357 e. The number of esters is 1. The molecule has 1 aromatic heterocycles. The quantitative estimate of drug-likeness (QED) is 0.751. The average Bonchev–Trinajstić information content (AvgIpc) is 2.74.